The fourth-order valence-electron chi connectivity index (χ4n) is 6.14. The van der Waals surface area contributed by atoms with E-state index in [9.17, 15) is 9.59 Å². The molecular formula is C25H38N4O3. The Morgan fingerprint density at radius 2 is 1.78 bits per heavy atom. The van der Waals surface area contributed by atoms with Crippen LogP contribution in [0.25, 0.3) is 0 Å². The molecule has 1 atom stereocenters. The van der Waals surface area contributed by atoms with Crippen LogP contribution in [0.3, 0.4) is 0 Å². The van der Waals surface area contributed by atoms with Gasteiger partial charge in [-0.1, -0.05) is 19.1 Å². The molecule has 0 saturated carbocycles. The summed E-state index contributed by atoms with van der Waals surface area (Å²) in [6, 6.07) is 8.02. The molecule has 3 heterocycles. The van der Waals surface area contributed by atoms with Crippen molar-refractivity contribution in [3.05, 3.63) is 29.8 Å². The molecular weight excluding hydrogens is 404 g/mol. The van der Waals surface area contributed by atoms with Crippen LogP contribution in [0, 0.1) is 10.8 Å². The van der Waals surface area contributed by atoms with Gasteiger partial charge in [0.25, 0.3) is 0 Å². The van der Waals surface area contributed by atoms with E-state index in [1.165, 1.54) is 5.56 Å². The number of nitrogens with zero attached hydrogens (tertiary/aromatic N) is 3. The Kier molecular flexibility index (Phi) is 6.77. The van der Waals surface area contributed by atoms with Gasteiger partial charge in [-0.3, -0.25) is 9.69 Å². The van der Waals surface area contributed by atoms with E-state index in [0.29, 0.717) is 25.6 Å². The molecule has 7 heteroatoms. The molecule has 32 heavy (non-hydrogen) atoms. The lowest BCUT2D eigenvalue weighted by Gasteiger charge is -2.47. The number of ether oxygens (including phenoxy) is 1. The van der Waals surface area contributed by atoms with E-state index in [1.54, 1.807) is 7.11 Å². The SMILES string of the molecule is CCc1ccc(NC(=O)N2CCC3(CC2)CN(CCOC)CC32CCN(CC)C2=O)cc1. The molecule has 176 valence electrons. The quantitative estimate of drug-likeness (QED) is 0.735. The third-order valence-electron chi connectivity index (χ3n) is 8.15. The minimum absolute atomic E-state index is 0.0414. The molecule has 3 aliphatic heterocycles. The average molecular weight is 443 g/mol. The normalized spacial score (nSPS) is 25.3. The standard InChI is InChI=1S/C25H38N4O3/c1-4-20-6-8-21(9-7-20)26-23(31)29-13-10-24(11-14-29)18-27(16-17-32-3)19-25(24)12-15-28(5-2)22(25)30/h6-9H,4-5,10-19H2,1-3H3,(H,26,31). The van der Waals surface area contributed by atoms with Crippen LogP contribution in [-0.2, 0) is 16.0 Å². The molecule has 2 spiro atoms. The third kappa shape index (κ3) is 4.01. The fourth-order valence-corrected chi connectivity index (χ4v) is 6.14. The third-order valence-corrected chi connectivity index (χ3v) is 8.15. The first kappa shape index (κ1) is 23.1. The van der Waals surface area contributed by atoms with E-state index in [4.69, 9.17) is 4.74 Å². The van der Waals surface area contributed by atoms with Crippen LogP contribution in [0.1, 0.15) is 38.7 Å². The molecule has 3 amide bonds. The number of benzene rings is 1. The number of piperidine rings is 1. The first-order chi connectivity index (χ1) is 15.5. The minimum Gasteiger partial charge on any atom is -0.383 e. The Labute approximate surface area is 192 Å². The van der Waals surface area contributed by atoms with E-state index in [0.717, 1.165) is 64.1 Å². The van der Waals surface area contributed by atoms with Crippen molar-refractivity contribution in [2.75, 3.05) is 64.8 Å². The van der Waals surface area contributed by atoms with Crippen molar-refractivity contribution in [3.8, 4) is 0 Å². The highest BCUT2D eigenvalue weighted by Gasteiger charge is 2.64. The molecule has 1 N–H and O–H groups in total. The maximum Gasteiger partial charge on any atom is 0.321 e. The Morgan fingerprint density at radius 3 is 2.38 bits per heavy atom. The van der Waals surface area contributed by atoms with Gasteiger partial charge in [0.05, 0.1) is 12.0 Å². The predicted molar refractivity (Wildman–Crippen MR) is 126 cm³/mol. The number of aryl methyl sites for hydroxylation is 1. The maximum atomic E-state index is 13.5. The van der Waals surface area contributed by atoms with Crippen LogP contribution in [0.4, 0.5) is 10.5 Å². The lowest BCUT2D eigenvalue weighted by Crippen LogP contribution is -2.54. The summed E-state index contributed by atoms with van der Waals surface area (Å²) in [4.78, 5) is 32.8. The Morgan fingerprint density at radius 1 is 1.06 bits per heavy atom. The smallest absolute Gasteiger partial charge is 0.321 e. The molecule has 3 aliphatic rings. The van der Waals surface area contributed by atoms with Gasteiger partial charge in [0.2, 0.25) is 5.91 Å². The molecule has 0 bridgehead atoms. The monoisotopic (exact) mass is 442 g/mol. The zero-order chi connectivity index (χ0) is 22.8. The number of amides is 3. The summed E-state index contributed by atoms with van der Waals surface area (Å²) in [5.41, 5.74) is 1.73. The van der Waals surface area contributed by atoms with Crippen LogP contribution < -0.4 is 5.32 Å². The van der Waals surface area contributed by atoms with Crippen molar-refractivity contribution in [2.24, 2.45) is 10.8 Å². The summed E-state index contributed by atoms with van der Waals surface area (Å²) < 4.78 is 5.32. The summed E-state index contributed by atoms with van der Waals surface area (Å²) in [7, 11) is 1.73. The second-order valence-corrected chi connectivity index (χ2v) is 9.67. The molecule has 7 nitrogen and oxygen atoms in total. The van der Waals surface area contributed by atoms with E-state index in [2.05, 4.69) is 36.2 Å². The number of methoxy groups -OCH3 is 1. The van der Waals surface area contributed by atoms with Gasteiger partial charge < -0.3 is 19.9 Å². The van der Waals surface area contributed by atoms with Crippen LogP contribution >= 0.6 is 0 Å². The van der Waals surface area contributed by atoms with E-state index < -0.39 is 0 Å². The molecule has 1 aromatic rings. The molecule has 0 aromatic heterocycles. The van der Waals surface area contributed by atoms with Crippen LogP contribution in [0.2, 0.25) is 0 Å². The van der Waals surface area contributed by atoms with Crippen LogP contribution in [0.15, 0.2) is 24.3 Å². The Balaban J connectivity index is 1.45. The van der Waals surface area contributed by atoms with Gasteiger partial charge in [-0.15, -0.1) is 0 Å². The van der Waals surface area contributed by atoms with Crippen molar-refractivity contribution < 1.29 is 14.3 Å². The number of urea groups is 1. The minimum atomic E-state index is -0.310. The second-order valence-electron chi connectivity index (χ2n) is 9.67. The molecule has 0 radical (unpaired) electrons. The average Bonchev–Trinajstić information content (AvgIpc) is 3.30. The number of carbonyl (C=O) groups excluding carboxylic acids is 2. The topological polar surface area (TPSA) is 65.1 Å². The zero-order valence-corrected chi connectivity index (χ0v) is 19.9. The fraction of sp³-hybridized carbons (Fsp3) is 0.680. The lowest BCUT2D eigenvalue weighted by molar-refractivity contribution is -0.141. The summed E-state index contributed by atoms with van der Waals surface area (Å²) in [6.45, 7) is 10.5. The molecule has 1 unspecified atom stereocenters. The number of rotatable bonds is 6. The van der Waals surface area contributed by atoms with Crippen molar-refractivity contribution >= 4 is 17.6 Å². The maximum absolute atomic E-state index is 13.5. The van der Waals surface area contributed by atoms with Crippen LogP contribution in [0.5, 0.6) is 0 Å². The van der Waals surface area contributed by atoms with Crippen molar-refractivity contribution in [1.29, 1.82) is 0 Å². The van der Waals surface area contributed by atoms with E-state index in [1.807, 2.05) is 21.9 Å². The number of anilines is 1. The summed E-state index contributed by atoms with van der Waals surface area (Å²) in [6.07, 6.45) is 3.67. The first-order valence-corrected chi connectivity index (χ1v) is 12.1. The van der Waals surface area contributed by atoms with Gasteiger partial charge in [0.1, 0.15) is 0 Å². The van der Waals surface area contributed by atoms with Gasteiger partial charge >= 0.3 is 6.03 Å². The predicted octanol–water partition coefficient (Wildman–Crippen LogP) is 3.06. The van der Waals surface area contributed by atoms with Gasteiger partial charge in [-0.05, 0) is 50.3 Å². The van der Waals surface area contributed by atoms with Gasteiger partial charge in [-0.2, -0.15) is 0 Å². The number of hydrogen-bond acceptors (Lipinski definition) is 4. The van der Waals surface area contributed by atoms with Gasteiger partial charge in [-0.25, -0.2) is 4.79 Å². The van der Waals surface area contributed by atoms with Gasteiger partial charge in [0.15, 0.2) is 0 Å². The molecule has 0 aliphatic carbocycles. The number of carbonyl (C=O) groups is 2. The molecule has 3 saturated heterocycles. The summed E-state index contributed by atoms with van der Waals surface area (Å²) in [5.74, 6) is 0.328. The Bertz CT molecular complexity index is 819. The second kappa shape index (κ2) is 9.40. The molecule has 1 aromatic carbocycles. The highest BCUT2D eigenvalue weighted by Crippen LogP contribution is 2.57. The largest absolute Gasteiger partial charge is 0.383 e. The van der Waals surface area contributed by atoms with E-state index in [-0.39, 0.29) is 16.9 Å². The number of likely N-dealkylation sites (tertiary alicyclic amines) is 3. The summed E-state index contributed by atoms with van der Waals surface area (Å²) in [5, 5.41) is 3.05. The van der Waals surface area contributed by atoms with E-state index >= 15 is 0 Å². The van der Waals surface area contributed by atoms with Gasteiger partial charge in [0, 0.05) is 64.0 Å². The molecule has 3 fully saturated rings. The highest BCUT2D eigenvalue weighted by atomic mass is 16.5. The van der Waals surface area contributed by atoms with Crippen LogP contribution in [-0.4, -0.2) is 86.2 Å². The zero-order valence-electron chi connectivity index (χ0n) is 19.9. The summed E-state index contributed by atoms with van der Waals surface area (Å²) >= 11 is 0. The number of nitrogens with one attached hydrogen (secondary N) is 1. The number of fused-ring (bicyclic) bond motifs is 1. The Hall–Kier alpha value is -2.12. The first-order valence-electron chi connectivity index (χ1n) is 12.1. The molecule has 4 rings (SSSR count). The lowest BCUT2D eigenvalue weighted by atomic mass is 9.60. The van der Waals surface area contributed by atoms with Crippen molar-refractivity contribution in [3.63, 3.8) is 0 Å². The van der Waals surface area contributed by atoms with Crippen molar-refractivity contribution in [1.82, 2.24) is 14.7 Å². The van der Waals surface area contributed by atoms with Crippen molar-refractivity contribution in [2.45, 2.75) is 39.5 Å². The number of hydrogen-bond donors (Lipinski definition) is 1. The highest BCUT2D eigenvalue weighted by molar-refractivity contribution is 5.90.